The molecule has 98 valence electrons. The lowest BCUT2D eigenvalue weighted by molar-refractivity contribution is -0.385. The van der Waals surface area contributed by atoms with Gasteiger partial charge < -0.3 is 9.47 Å². The van der Waals surface area contributed by atoms with Crippen LogP contribution in [0.5, 0.6) is 5.75 Å². The van der Waals surface area contributed by atoms with E-state index in [1.165, 1.54) is 12.1 Å². The van der Waals surface area contributed by atoms with E-state index >= 15 is 0 Å². The molecule has 18 heavy (non-hydrogen) atoms. The van der Waals surface area contributed by atoms with Crippen molar-refractivity contribution >= 4 is 21.6 Å². The summed E-state index contributed by atoms with van der Waals surface area (Å²) in [6.07, 6.45) is 3.30. The number of nitro groups is 1. The molecule has 6 heteroatoms. The molecule has 0 aliphatic carbocycles. The van der Waals surface area contributed by atoms with Crippen molar-refractivity contribution in [1.29, 1.82) is 0 Å². The number of benzene rings is 1. The predicted molar refractivity (Wildman–Crippen MR) is 69.9 cm³/mol. The second-order valence-corrected chi connectivity index (χ2v) is 5.03. The summed E-state index contributed by atoms with van der Waals surface area (Å²) in [7, 11) is 0. The van der Waals surface area contributed by atoms with Crippen molar-refractivity contribution in [2.24, 2.45) is 0 Å². The highest BCUT2D eigenvalue weighted by Crippen LogP contribution is 2.29. The third-order valence-electron chi connectivity index (χ3n) is 2.82. The number of nitro benzene ring substituents is 1. The minimum atomic E-state index is -0.434. The largest absolute Gasteiger partial charge is 0.489 e. The lowest BCUT2D eigenvalue weighted by atomic mass is 10.1. The van der Waals surface area contributed by atoms with Crippen LogP contribution in [0.2, 0.25) is 0 Å². The maximum absolute atomic E-state index is 10.7. The molecule has 1 fully saturated rings. The smallest absolute Gasteiger partial charge is 0.273 e. The molecule has 1 heterocycles. The normalized spacial score (nSPS) is 19.5. The molecule has 0 aromatic heterocycles. The van der Waals surface area contributed by atoms with Crippen LogP contribution in [0.1, 0.15) is 19.3 Å². The molecular weight excluding hydrogens is 302 g/mol. The predicted octanol–water partition coefficient (Wildman–Crippen LogP) is 3.31. The third kappa shape index (κ3) is 3.43. The monoisotopic (exact) mass is 315 g/mol. The second kappa shape index (κ2) is 6.15. The molecule has 1 aromatic rings. The zero-order valence-electron chi connectivity index (χ0n) is 9.80. The van der Waals surface area contributed by atoms with Gasteiger partial charge >= 0.3 is 0 Å². The van der Waals surface area contributed by atoms with Gasteiger partial charge in [-0.05, 0) is 41.3 Å². The van der Waals surface area contributed by atoms with Crippen molar-refractivity contribution in [3.05, 3.63) is 32.8 Å². The maximum atomic E-state index is 10.7. The molecule has 1 saturated heterocycles. The Kier molecular flexibility index (Phi) is 4.54. The van der Waals surface area contributed by atoms with Crippen molar-refractivity contribution in [3.63, 3.8) is 0 Å². The molecule has 1 aliphatic rings. The Bertz CT molecular complexity index is 432. The fourth-order valence-electron chi connectivity index (χ4n) is 1.84. The van der Waals surface area contributed by atoms with E-state index in [2.05, 4.69) is 15.9 Å². The van der Waals surface area contributed by atoms with Crippen LogP contribution in [0.4, 0.5) is 5.69 Å². The van der Waals surface area contributed by atoms with Crippen molar-refractivity contribution in [2.75, 3.05) is 13.2 Å². The van der Waals surface area contributed by atoms with Gasteiger partial charge in [-0.1, -0.05) is 0 Å². The van der Waals surface area contributed by atoms with Crippen LogP contribution in [-0.2, 0) is 4.74 Å². The molecule has 0 bridgehead atoms. The van der Waals surface area contributed by atoms with Gasteiger partial charge in [0.05, 0.1) is 21.6 Å². The van der Waals surface area contributed by atoms with Gasteiger partial charge in [-0.15, -0.1) is 0 Å². The molecule has 0 radical (unpaired) electrons. The molecule has 0 N–H and O–H groups in total. The summed E-state index contributed by atoms with van der Waals surface area (Å²) in [6.45, 7) is 1.20. The van der Waals surface area contributed by atoms with Crippen LogP contribution in [0, 0.1) is 10.1 Å². The van der Waals surface area contributed by atoms with Crippen molar-refractivity contribution in [3.8, 4) is 5.75 Å². The van der Waals surface area contributed by atoms with Crippen molar-refractivity contribution < 1.29 is 14.4 Å². The summed E-state index contributed by atoms with van der Waals surface area (Å²) >= 11 is 3.32. The topological polar surface area (TPSA) is 61.6 Å². The summed E-state index contributed by atoms with van der Waals surface area (Å²) in [5.74, 6) is 0.485. The summed E-state index contributed by atoms with van der Waals surface area (Å²) in [5, 5.41) is 10.7. The van der Waals surface area contributed by atoms with Crippen molar-refractivity contribution in [1.82, 2.24) is 0 Å². The maximum Gasteiger partial charge on any atom is 0.273 e. The molecule has 1 unspecified atom stereocenters. The van der Waals surface area contributed by atoms with E-state index in [9.17, 15) is 10.1 Å². The average molecular weight is 316 g/mol. The Balaban J connectivity index is 1.99. The van der Waals surface area contributed by atoms with E-state index in [-0.39, 0.29) is 11.8 Å². The molecule has 1 atom stereocenters. The molecule has 1 aromatic carbocycles. The molecule has 0 spiro atoms. The molecular formula is C12H14BrNO4. The number of nitrogens with zero attached hydrogens (tertiary/aromatic N) is 1. The molecule has 0 saturated carbocycles. The van der Waals surface area contributed by atoms with E-state index < -0.39 is 4.92 Å². The van der Waals surface area contributed by atoms with E-state index in [0.717, 1.165) is 25.9 Å². The fourth-order valence-corrected chi connectivity index (χ4v) is 2.20. The van der Waals surface area contributed by atoms with Crippen LogP contribution >= 0.6 is 15.9 Å². The molecule has 0 amide bonds. The Hall–Kier alpha value is -1.14. The Morgan fingerprint density at radius 2 is 2.33 bits per heavy atom. The minimum absolute atomic E-state index is 0.0257. The molecule has 1 aliphatic heterocycles. The van der Waals surface area contributed by atoms with Gasteiger partial charge in [0, 0.05) is 12.7 Å². The van der Waals surface area contributed by atoms with Gasteiger partial charge in [0.15, 0.2) is 0 Å². The zero-order valence-corrected chi connectivity index (χ0v) is 11.4. The lowest BCUT2D eigenvalue weighted by Gasteiger charge is -2.22. The highest BCUT2D eigenvalue weighted by molar-refractivity contribution is 9.10. The Morgan fingerprint density at radius 3 is 3.00 bits per heavy atom. The van der Waals surface area contributed by atoms with Gasteiger partial charge in [0.2, 0.25) is 0 Å². The first-order valence-corrected chi connectivity index (χ1v) is 6.64. The number of non-ortho nitro benzene ring substituents is 1. The third-order valence-corrected chi connectivity index (χ3v) is 3.48. The highest BCUT2D eigenvalue weighted by atomic mass is 79.9. The van der Waals surface area contributed by atoms with Crippen LogP contribution in [0.3, 0.4) is 0 Å². The lowest BCUT2D eigenvalue weighted by Crippen LogP contribution is -2.25. The first-order chi connectivity index (χ1) is 8.66. The van der Waals surface area contributed by atoms with Gasteiger partial charge in [0.1, 0.15) is 12.4 Å². The number of hydrogen-bond acceptors (Lipinski definition) is 4. The summed E-state index contributed by atoms with van der Waals surface area (Å²) in [5.41, 5.74) is 0.0257. The SMILES string of the molecule is O=[N+]([O-])c1ccc(Br)c(OCC2CCCCO2)c1. The highest BCUT2D eigenvalue weighted by Gasteiger charge is 2.16. The number of rotatable bonds is 4. The second-order valence-electron chi connectivity index (χ2n) is 4.17. The minimum Gasteiger partial charge on any atom is -0.489 e. The Morgan fingerprint density at radius 1 is 1.50 bits per heavy atom. The summed E-state index contributed by atoms with van der Waals surface area (Å²) in [6, 6.07) is 4.48. The quantitative estimate of drug-likeness (QED) is 0.631. The standard InChI is InChI=1S/C12H14BrNO4/c13-11-5-4-9(14(15)16)7-12(11)18-8-10-3-1-2-6-17-10/h4-5,7,10H,1-3,6,8H2. The van der Waals surface area contributed by atoms with E-state index in [4.69, 9.17) is 9.47 Å². The number of ether oxygens (including phenoxy) is 2. The van der Waals surface area contributed by atoms with Gasteiger partial charge in [-0.25, -0.2) is 0 Å². The van der Waals surface area contributed by atoms with E-state index in [0.29, 0.717) is 16.8 Å². The first kappa shape index (κ1) is 13.3. The van der Waals surface area contributed by atoms with Crippen LogP contribution < -0.4 is 4.74 Å². The van der Waals surface area contributed by atoms with Gasteiger partial charge in [-0.2, -0.15) is 0 Å². The first-order valence-electron chi connectivity index (χ1n) is 5.85. The van der Waals surface area contributed by atoms with Crippen LogP contribution in [0.25, 0.3) is 0 Å². The molecule has 5 nitrogen and oxygen atoms in total. The average Bonchev–Trinajstić information content (AvgIpc) is 2.38. The zero-order chi connectivity index (χ0) is 13.0. The van der Waals surface area contributed by atoms with Gasteiger partial charge in [0.25, 0.3) is 5.69 Å². The van der Waals surface area contributed by atoms with E-state index in [1.807, 2.05) is 0 Å². The fraction of sp³-hybridized carbons (Fsp3) is 0.500. The summed E-state index contributed by atoms with van der Waals surface area (Å²) < 4.78 is 11.8. The van der Waals surface area contributed by atoms with Gasteiger partial charge in [-0.3, -0.25) is 10.1 Å². The number of hydrogen-bond donors (Lipinski definition) is 0. The van der Waals surface area contributed by atoms with Crippen LogP contribution in [-0.4, -0.2) is 24.2 Å². The van der Waals surface area contributed by atoms with E-state index in [1.54, 1.807) is 6.07 Å². The molecule has 2 rings (SSSR count). The summed E-state index contributed by atoms with van der Waals surface area (Å²) in [4.78, 5) is 10.2. The number of halogens is 1. The van der Waals surface area contributed by atoms with Crippen LogP contribution in [0.15, 0.2) is 22.7 Å². The van der Waals surface area contributed by atoms with Crippen molar-refractivity contribution in [2.45, 2.75) is 25.4 Å². The Labute approximate surface area is 113 Å².